The average Bonchev–Trinajstić information content (AvgIpc) is 3.35. The molecule has 1 amide bonds. The van der Waals surface area contributed by atoms with Crippen LogP contribution in [0.3, 0.4) is 0 Å². The molecule has 0 aromatic carbocycles. The molecule has 2 heterocycles. The lowest BCUT2D eigenvalue weighted by Gasteiger charge is -2.24. The van der Waals surface area contributed by atoms with E-state index in [2.05, 4.69) is 11.5 Å². The minimum absolute atomic E-state index is 0.0177. The summed E-state index contributed by atoms with van der Waals surface area (Å²) in [6.07, 6.45) is 3.02. The van der Waals surface area contributed by atoms with Crippen LogP contribution in [0.1, 0.15) is 47.1 Å². The van der Waals surface area contributed by atoms with Crippen LogP contribution in [0.4, 0.5) is 0 Å². The van der Waals surface area contributed by atoms with Gasteiger partial charge < -0.3 is 9.47 Å². The normalized spacial score (nSPS) is 20.1. The monoisotopic (exact) mass is 368 g/mol. The minimum Gasteiger partial charge on any atom is -0.345 e. The van der Waals surface area contributed by atoms with E-state index in [4.69, 9.17) is 0 Å². The highest BCUT2D eigenvalue weighted by molar-refractivity contribution is 7.86. The first-order chi connectivity index (χ1) is 11.7. The summed E-state index contributed by atoms with van der Waals surface area (Å²) in [6.45, 7) is 5.87. The van der Waals surface area contributed by atoms with E-state index in [-0.39, 0.29) is 5.91 Å². The highest BCUT2D eigenvalue weighted by Crippen LogP contribution is 2.38. The van der Waals surface area contributed by atoms with Crippen LogP contribution in [-0.2, 0) is 10.2 Å². The molecule has 8 heteroatoms. The third-order valence-electron chi connectivity index (χ3n) is 5.16. The SMILES string of the molecule is Cc1cc(C(=O)N2CCCN(S(=O)(=O)N(C)C)CC2)c(C)n1C1CC1. The fraction of sp³-hybridized carbons (Fsp3) is 0.706. The number of carbonyl (C=O) groups excluding carboxylic acids is 1. The quantitative estimate of drug-likeness (QED) is 0.807. The van der Waals surface area contributed by atoms with Gasteiger partial charge in [-0.25, -0.2) is 0 Å². The first kappa shape index (κ1) is 18.4. The van der Waals surface area contributed by atoms with Gasteiger partial charge in [-0.2, -0.15) is 17.0 Å². The highest BCUT2D eigenvalue weighted by Gasteiger charge is 2.32. The van der Waals surface area contributed by atoms with Crippen molar-refractivity contribution in [2.75, 3.05) is 40.3 Å². The maximum absolute atomic E-state index is 13.0. The van der Waals surface area contributed by atoms with Crippen LogP contribution in [0.25, 0.3) is 0 Å². The Bertz CT molecular complexity index is 765. The minimum atomic E-state index is -3.43. The van der Waals surface area contributed by atoms with E-state index in [0.717, 1.165) is 17.0 Å². The van der Waals surface area contributed by atoms with Gasteiger partial charge in [0.2, 0.25) is 0 Å². The second kappa shape index (κ2) is 6.74. The van der Waals surface area contributed by atoms with Gasteiger partial charge in [0.15, 0.2) is 0 Å². The van der Waals surface area contributed by atoms with Gasteiger partial charge >= 0.3 is 0 Å². The standard InChI is InChI=1S/C17H28N4O3S/c1-13-12-16(14(2)21(13)15-6-7-15)17(22)19-8-5-9-20(11-10-19)25(23,24)18(3)4/h12,15H,5-11H2,1-4H3. The molecule has 1 aliphatic carbocycles. The molecular weight excluding hydrogens is 340 g/mol. The van der Waals surface area contributed by atoms with E-state index in [1.54, 1.807) is 4.90 Å². The Balaban J connectivity index is 1.75. The summed E-state index contributed by atoms with van der Waals surface area (Å²) >= 11 is 0. The molecule has 1 aromatic heterocycles. The molecular formula is C17H28N4O3S. The molecule has 0 N–H and O–H groups in total. The van der Waals surface area contributed by atoms with Crippen LogP contribution in [-0.4, -0.2) is 72.7 Å². The van der Waals surface area contributed by atoms with E-state index in [9.17, 15) is 13.2 Å². The van der Waals surface area contributed by atoms with Crippen LogP contribution in [0, 0.1) is 13.8 Å². The Kier molecular flexibility index (Phi) is 4.96. The van der Waals surface area contributed by atoms with Crippen LogP contribution in [0.5, 0.6) is 0 Å². The van der Waals surface area contributed by atoms with Gasteiger partial charge in [-0.1, -0.05) is 0 Å². The smallest absolute Gasteiger partial charge is 0.281 e. The Labute approximate surface area is 150 Å². The molecule has 140 valence electrons. The van der Waals surface area contributed by atoms with Crippen LogP contribution in [0.2, 0.25) is 0 Å². The van der Waals surface area contributed by atoms with Crippen molar-refractivity contribution in [2.45, 2.75) is 39.2 Å². The van der Waals surface area contributed by atoms with E-state index >= 15 is 0 Å². The van der Waals surface area contributed by atoms with Crippen LogP contribution >= 0.6 is 0 Å². The number of carbonyl (C=O) groups is 1. The zero-order chi connectivity index (χ0) is 18.4. The van der Waals surface area contributed by atoms with Crippen molar-refractivity contribution in [1.29, 1.82) is 0 Å². The van der Waals surface area contributed by atoms with Gasteiger partial charge in [0.05, 0.1) is 5.56 Å². The van der Waals surface area contributed by atoms with Crippen molar-refractivity contribution in [3.05, 3.63) is 23.0 Å². The molecule has 3 rings (SSSR count). The molecule has 0 bridgehead atoms. The number of rotatable bonds is 4. The van der Waals surface area contributed by atoms with E-state index in [0.29, 0.717) is 38.6 Å². The highest BCUT2D eigenvalue weighted by atomic mass is 32.2. The summed E-state index contributed by atoms with van der Waals surface area (Å²) in [5.74, 6) is 0.0177. The Morgan fingerprint density at radius 2 is 1.80 bits per heavy atom. The van der Waals surface area contributed by atoms with Crippen molar-refractivity contribution < 1.29 is 13.2 Å². The largest absolute Gasteiger partial charge is 0.345 e. The van der Waals surface area contributed by atoms with Crippen LogP contribution in [0.15, 0.2) is 6.07 Å². The fourth-order valence-corrected chi connectivity index (χ4v) is 4.75. The molecule has 1 saturated carbocycles. The third kappa shape index (κ3) is 3.47. The van der Waals surface area contributed by atoms with Gasteiger partial charge in [0, 0.05) is 57.7 Å². The topological polar surface area (TPSA) is 65.9 Å². The zero-order valence-corrected chi connectivity index (χ0v) is 16.3. The van der Waals surface area contributed by atoms with Gasteiger partial charge in [0.25, 0.3) is 16.1 Å². The molecule has 0 unspecified atom stereocenters. The van der Waals surface area contributed by atoms with Crippen molar-refractivity contribution in [1.82, 2.24) is 18.1 Å². The van der Waals surface area contributed by atoms with Crippen molar-refractivity contribution in [3.8, 4) is 0 Å². The predicted octanol–water partition coefficient (Wildman–Crippen LogP) is 1.39. The molecule has 0 spiro atoms. The van der Waals surface area contributed by atoms with E-state index in [1.165, 1.54) is 35.5 Å². The molecule has 2 fully saturated rings. The molecule has 1 aromatic rings. The lowest BCUT2D eigenvalue weighted by molar-refractivity contribution is 0.0763. The summed E-state index contributed by atoms with van der Waals surface area (Å²) in [7, 11) is -0.351. The zero-order valence-electron chi connectivity index (χ0n) is 15.5. The Morgan fingerprint density at radius 1 is 1.12 bits per heavy atom. The van der Waals surface area contributed by atoms with Crippen LogP contribution < -0.4 is 0 Å². The number of nitrogens with zero attached hydrogens (tertiary/aromatic N) is 4. The summed E-state index contributed by atoms with van der Waals surface area (Å²) < 4.78 is 29.6. The average molecular weight is 369 g/mol. The molecule has 0 radical (unpaired) electrons. The number of aryl methyl sites for hydroxylation is 1. The predicted molar refractivity (Wildman–Crippen MR) is 96.9 cm³/mol. The van der Waals surface area contributed by atoms with Gasteiger partial charge in [-0.15, -0.1) is 0 Å². The molecule has 25 heavy (non-hydrogen) atoms. The molecule has 1 aliphatic heterocycles. The maximum Gasteiger partial charge on any atom is 0.281 e. The second-order valence-corrected chi connectivity index (χ2v) is 9.36. The van der Waals surface area contributed by atoms with Gasteiger partial charge in [-0.05, 0) is 39.2 Å². The number of hydrogen-bond donors (Lipinski definition) is 0. The Morgan fingerprint density at radius 3 is 2.40 bits per heavy atom. The third-order valence-corrected chi connectivity index (χ3v) is 7.10. The first-order valence-corrected chi connectivity index (χ1v) is 10.3. The lowest BCUT2D eigenvalue weighted by atomic mass is 10.2. The fourth-order valence-electron chi connectivity index (χ4n) is 3.62. The molecule has 2 aliphatic rings. The van der Waals surface area contributed by atoms with Gasteiger partial charge in [-0.3, -0.25) is 4.79 Å². The Hall–Kier alpha value is -1.38. The van der Waals surface area contributed by atoms with Crippen molar-refractivity contribution in [2.24, 2.45) is 0 Å². The van der Waals surface area contributed by atoms with E-state index < -0.39 is 10.2 Å². The van der Waals surface area contributed by atoms with E-state index in [1.807, 2.05) is 13.0 Å². The second-order valence-electron chi connectivity index (χ2n) is 7.22. The molecule has 1 saturated heterocycles. The number of amides is 1. The molecule has 0 atom stereocenters. The lowest BCUT2D eigenvalue weighted by Crippen LogP contribution is -2.42. The van der Waals surface area contributed by atoms with Crippen molar-refractivity contribution in [3.63, 3.8) is 0 Å². The maximum atomic E-state index is 13.0. The summed E-state index contributed by atoms with van der Waals surface area (Å²) in [5, 5.41) is 0. The van der Waals surface area contributed by atoms with Crippen molar-refractivity contribution >= 4 is 16.1 Å². The van der Waals surface area contributed by atoms with Gasteiger partial charge in [0.1, 0.15) is 0 Å². The summed E-state index contributed by atoms with van der Waals surface area (Å²) in [4.78, 5) is 14.8. The molecule has 7 nitrogen and oxygen atoms in total. The summed E-state index contributed by atoms with van der Waals surface area (Å²) in [6, 6.07) is 2.53. The number of hydrogen-bond acceptors (Lipinski definition) is 3. The first-order valence-electron chi connectivity index (χ1n) is 8.88. The number of aromatic nitrogens is 1. The summed E-state index contributed by atoms with van der Waals surface area (Å²) in [5.41, 5.74) is 2.93.